The zero-order valence-electron chi connectivity index (χ0n) is 16.9. The highest BCUT2D eigenvalue weighted by Gasteiger charge is 2.22. The Balaban J connectivity index is 2.71. The third-order valence-electron chi connectivity index (χ3n) is 3.97. The summed E-state index contributed by atoms with van der Waals surface area (Å²) in [5.41, 5.74) is 0. The lowest BCUT2D eigenvalue weighted by Gasteiger charge is -2.23. The van der Waals surface area contributed by atoms with Crippen molar-refractivity contribution in [3.63, 3.8) is 0 Å². The lowest BCUT2D eigenvalue weighted by molar-refractivity contribution is -0.117. The van der Waals surface area contributed by atoms with E-state index in [0.717, 1.165) is 31.6 Å². The Morgan fingerprint density at radius 2 is 2.04 bits per heavy atom. The van der Waals surface area contributed by atoms with Crippen molar-refractivity contribution in [3.05, 3.63) is 5.82 Å². The van der Waals surface area contributed by atoms with Gasteiger partial charge in [0.15, 0.2) is 11.0 Å². The van der Waals surface area contributed by atoms with Crippen molar-refractivity contribution in [2.24, 2.45) is 0 Å². The van der Waals surface area contributed by atoms with Crippen LogP contribution in [0.25, 0.3) is 0 Å². The van der Waals surface area contributed by atoms with Crippen molar-refractivity contribution in [2.45, 2.75) is 50.9 Å². The first kappa shape index (κ1) is 23.4. The molecule has 1 rings (SSSR count). The first-order valence-corrected chi connectivity index (χ1v) is 10.2. The fourth-order valence-electron chi connectivity index (χ4n) is 2.56. The van der Waals surface area contributed by atoms with Gasteiger partial charge < -0.3 is 14.6 Å². The molecule has 154 valence electrons. The standard InChI is InChI=1S/C17H32N6O3S/c1-6-8-10-23-15(13(7-2)22(3)4)20-21-17(23)27-12-14(24)19-16(25)18-9-11-26-5/h13H,6-12H2,1-5H3,(H2,18,19,24,25). The van der Waals surface area contributed by atoms with E-state index >= 15 is 0 Å². The molecule has 0 aliphatic carbocycles. The van der Waals surface area contributed by atoms with Gasteiger partial charge in [-0.1, -0.05) is 32.0 Å². The van der Waals surface area contributed by atoms with Crippen LogP contribution in [0.3, 0.4) is 0 Å². The van der Waals surface area contributed by atoms with E-state index in [0.29, 0.717) is 18.3 Å². The van der Waals surface area contributed by atoms with Crippen molar-refractivity contribution in [2.75, 3.05) is 40.1 Å². The first-order valence-electron chi connectivity index (χ1n) is 9.23. The highest BCUT2D eigenvalue weighted by molar-refractivity contribution is 7.99. The summed E-state index contributed by atoms with van der Waals surface area (Å²) < 4.78 is 6.93. The molecule has 1 aromatic rings. The number of hydrogen-bond donors (Lipinski definition) is 2. The quantitative estimate of drug-likeness (QED) is 0.406. The highest BCUT2D eigenvalue weighted by Crippen LogP contribution is 2.25. The Morgan fingerprint density at radius 3 is 2.63 bits per heavy atom. The van der Waals surface area contributed by atoms with Gasteiger partial charge in [-0.05, 0) is 26.9 Å². The minimum absolute atomic E-state index is 0.0979. The number of thioether (sulfide) groups is 1. The molecule has 0 fully saturated rings. The minimum atomic E-state index is -0.524. The predicted molar refractivity (Wildman–Crippen MR) is 106 cm³/mol. The number of ether oxygens (including phenoxy) is 1. The van der Waals surface area contributed by atoms with Crippen LogP contribution in [-0.4, -0.2) is 71.7 Å². The molecule has 0 saturated carbocycles. The number of urea groups is 1. The van der Waals surface area contributed by atoms with Gasteiger partial charge in [-0.3, -0.25) is 15.0 Å². The van der Waals surface area contributed by atoms with E-state index in [1.807, 2.05) is 14.1 Å². The number of nitrogens with zero attached hydrogens (tertiary/aromatic N) is 4. The molecule has 0 spiro atoms. The SMILES string of the molecule is CCCCn1c(SCC(=O)NC(=O)NCCOC)nnc1C(CC)N(C)C. The molecule has 0 aliphatic heterocycles. The highest BCUT2D eigenvalue weighted by atomic mass is 32.2. The lowest BCUT2D eigenvalue weighted by Crippen LogP contribution is -2.41. The zero-order chi connectivity index (χ0) is 20.2. The predicted octanol–water partition coefficient (Wildman–Crippen LogP) is 1.66. The number of imide groups is 1. The van der Waals surface area contributed by atoms with E-state index in [-0.39, 0.29) is 17.7 Å². The molecule has 0 aliphatic rings. The molecule has 9 nitrogen and oxygen atoms in total. The smallest absolute Gasteiger partial charge is 0.321 e. The Labute approximate surface area is 165 Å². The molecule has 0 bridgehead atoms. The average Bonchev–Trinajstić information content (AvgIpc) is 3.01. The Bertz CT molecular complexity index is 593. The van der Waals surface area contributed by atoms with E-state index < -0.39 is 6.03 Å². The molecular weight excluding hydrogens is 368 g/mol. The molecule has 0 saturated heterocycles. The molecule has 1 atom stereocenters. The summed E-state index contributed by atoms with van der Waals surface area (Å²) in [5.74, 6) is 0.637. The number of rotatable bonds is 12. The maximum atomic E-state index is 12.0. The monoisotopic (exact) mass is 400 g/mol. The number of carbonyl (C=O) groups is 2. The second-order valence-electron chi connectivity index (χ2n) is 6.32. The molecule has 1 unspecified atom stereocenters. The van der Waals surface area contributed by atoms with Crippen molar-refractivity contribution in [3.8, 4) is 0 Å². The maximum absolute atomic E-state index is 12.0. The van der Waals surface area contributed by atoms with Gasteiger partial charge >= 0.3 is 6.03 Å². The third-order valence-corrected chi connectivity index (χ3v) is 4.93. The van der Waals surface area contributed by atoms with Gasteiger partial charge in [-0.15, -0.1) is 10.2 Å². The van der Waals surface area contributed by atoms with Crippen molar-refractivity contribution in [1.29, 1.82) is 0 Å². The second kappa shape index (κ2) is 12.7. The molecule has 0 radical (unpaired) electrons. The minimum Gasteiger partial charge on any atom is -0.383 e. The van der Waals surface area contributed by atoms with Crippen LogP contribution < -0.4 is 10.6 Å². The van der Waals surface area contributed by atoms with Crippen LogP contribution in [0.2, 0.25) is 0 Å². The van der Waals surface area contributed by atoms with Gasteiger partial charge in [0.05, 0.1) is 18.4 Å². The molecule has 3 amide bonds. The first-order chi connectivity index (χ1) is 12.9. The summed E-state index contributed by atoms with van der Waals surface area (Å²) in [7, 11) is 5.59. The number of amides is 3. The summed E-state index contributed by atoms with van der Waals surface area (Å²) in [4.78, 5) is 25.7. The van der Waals surface area contributed by atoms with E-state index in [4.69, 9.17) is 4.74 Å². The van der Waals surface area contributed by atoms with E-state index in [1.54, 1.807) is 7.11 Å². The summed E-state index contributed by atoms with van der Waals surface area (Å²) in [6, 6.07) is -0.353. The average molecular weight is 401 g/mol. The van der Waals surface area contributed by atoms with Crippen molar-refractivity contribution < 1.29 is 14.3 Å². The van der Waals surface area contributed by atoms with Crippen LogP contribution in [-0.2, 0) is 16.1 Å². The molecular formula is C17H32N6O3S. The molecule has 2 N–H and O–H groups in total. The number of hydrogen-bond acceptors (Lipinski definition) is 7. The number of carbonyl (C=O) groups excluding carboxylic acids is 2. The maximum Gasteiger partial charge on any atom is 0.321 e. The largest absolute Gasteiger partial charge is 0.383 e. The van der Waals surface area contributed by atoms with E-state index in [1.165, 1.54) is 11.8 Å². The van der Waals surface area contributed by atoms with Gasteiger partial charge in [0.25, 0.3) is 0 Å². The van der Waals surface area contributed by atoms with Crippen LogP contribution >= 0.6 is 11.8 Å². The summed E-state index contributed by atoms with van der Waals surface area (Å²) in [6.45, 7) is 5.80. The number of nitrogens with one attached hydrogen (secondary N) is 2. The zero-order valence-corrected chi connectivity index (χ0v) is 17.8. The van der Waals surface area contributed by atoms with Gasteiger partial charge in [0.1, 0.15) is 0 Å². The second-order valence-corrected chi connectivity index (χ2v) is 7.26. The van der Waals surface area contributed by atoms with Crippen LogP contribution in [0.1, 0.15) is 45.0 Å². The fourth-order valence-corrected chi connectivity index (χ4v) is 3.33. The van der Waals surface area contributed by atoms with E-state index in [2.05, 4.69) is 44.1 Å². The molecule has 0 aromatic carbocycles. The van der Waals surface area contributed by atoms with Crippen molar-refractivity contribution >= 4 is 23.7 Å². The van der Waals surface area contributed by atoms with Gasteiger partial charge in [-0.25, -0.2) is 4.79 Å². The van der Waals surface area contributed by atoms with Crippen LogP contribution in [0.5, 0.6) is 0 Å². The Morgan fingerprint density at radius 1 is 1.30 bits per heavy atom. The van der Waals surface area contributed by atoms with E-state index in [9.17, 15) is 9.59 Å². The normalized spacial score (nSPS) is 12.2. The molecule has 1 heterocycles. The Kier molecular flexibility index (Phi) is 11.0. The van der Waals surface area contributed by atoms with Gasteiger partial charge in [0, 0.05) is 20.2 Å². The van der Waals surface area contributed by atoms with Crippen LogP contribution in [0, 0.1) is 0 Å². The van der Waals surface area contributed by atoms with Gasteiger partial charge in [0.2, 0.25) is 5.91 Å². The van der Waals surface area contributed by atoms with Crippen molar-refractivity contribution in [1.82, 2.24) is 30.3 Å². The van der Waals surface area contributed by atoms with Gasteiger partial charge in [-0.2, -0.15) is 0 Å². The number of unbranched alkanes of at least 4 members (excludes halogenated alkanes) is 1. The lowest BCUT2D eigenvalue weighted by atomic mass is 10.2. The Hall–Kier alpha value is -1.65. The topological polar surface area (TPSA) is 101 Å². The summed E-state index contributed by atoms with van der Waals surface area (Å²) >= 11 is 1.29. The molecule has 10 heteroatoms. The molecule has 27 heavy (non-hydrogen) atoms. The number of aromatic nitrogens is 3. The third kappa shape index (κ3) is 7.86. The summed E-state index contributed by atoms with van der Waals surface area (Å²) in [6.07, 6.45) is 2.99. The fraction of sp³-hybridized carbons (Fsp3) is 0.765. The molecule has 1 aromatic heterocycles. The number of methoxy groups -OCH3 is 1. The summed E-state index contributed by atoms with van der Waals surface area (Å²) in [5, 5.41) is 14.2. The van der Waals surface area contributed by atoms with Crippen LogP contribution in [0.15, 0.2) is 5.16 Å². The van der Waals surface area contributed by atoms with Crippen LogP contribution in [0.4, 0.5) is 4.79 Å².